The van der Waals surface area contributed by atoms with Crippen LogP contribution < -0.4 is 0 Å². The number of carbonyl (C=O) groups excluding carboxylic acids is 3. The first-order valence-corrected chi connectivity index (χ1v) is 42.0. The molecule has 0 aromatic heterocycles. The van der Waals surface area contributed by atoms with Gasteiger partial charge in [-0.25, -0.2) is 4.57 Å². The fourth-order valence-corrected chi connectivity index (χ4v) is 14.4. The number of carbonyl (C=O) groups is 3. The second kappa shape index (κ2) is 58.7. The van der Waals surface area contributed by atoms with Crippen LogP contribution in [-0.4, -0.2) is 204 Å². The Morgan fingerprint density at radius 3 is 1.07 bits per heavy atom. The van der Waals surface area contributed by atoms with Crippen LogP contribution in [-0.2, 0) is 61.2 Å². The molecule has 25 heteroatoms. The normalized spacial score (nSPS) is 27.0. The van der Waals surface area contributed by atoms with E-state index in [1.165, 1.54) is 180 Å². The molecule has 600 valence electrons. The zero-order valence-corrected chi connectivity index (χ0v) is 63.8. The molecule has 18 unspecified atom stereocenters. The van der Waals surface area contributed by atoms with Crippen molar-refractivity contribution in [3.63, 3.8) is 0 Å². The van der Waals surface area contributed by atoms with Gasteiger partial charge in [0.1, 0.15) is 98.7 Å². The summed E-state index contributed by atoms with van der Waals surface area (Å²) in [7, 11) is -5.70. The van der Waals surface area contributed by atoms with E-state index in [1.54, 1.807) is 0 Å². The molecule has 1 aliphatic carbocycles. The van der Waals surface area contributed by atoms with Gasteiger partial charge in [0, 0.05) is 19.3 Å². The van der Waals surface area contributed by atoms with Crippen molar-refractivity contribution in [1.82, 2.24) is 0 Å². The number of phosphoric acid groups is 1. The van der Waals surface area contributed by atoms with E-state index in [1.807, 2.05) is 0 Å². The summed E-state index contributed by atoms with van der Waals surface area (Å²) in [6.07, 6.45) is 19.7. The lowest BCUT2D eigenvalue weighted by Gasteiger charge is -2.49. The monoisotopic (exact) mass is 1480 g/mol. The third-order valence-corrected chi connectivity index (χ3v) is 21.0. The molecule has 0 amide bonds. The van der Waals surface area contributed by atoms with E-state index in [2.05, 4.69) is 32.9 Å². The van der Waals surface area contributed by atoms with Crippen molar-refractivity contribution in [2.75, 3.05) is 26.4 Å². The summed E-state index contributed by atoms with van der Waals surface area (Å²) in [4.78, 5) is 51.1. The molecule has 3 rings (SSSR count). The van der Waals surface area contributed by atoms with Crippen LogP contribution in [0.4, 0.5) is 0 Å². The minimum Gasteiger partial charge on any atom is -0.463 e. The number of allylic oxidation sites excluding steroid dienone is 2. The van der Waals surface area contributed by atoms with Gasteiger partial charge in [-0.05, 0) is 44.9 Å². The molecule has 2 heterocycles. The maximum absolute atomic E-state index is 14.4. The Morgan fingerprint density at radius 1 is 0.373 bits per heavy atom. The lowest BCUT2D eigenvalue weighted by Crippen LogP contribution is -2.69. The zero-order valence-electron chi connectivity index (χ0n) is 62.9. The third kappa shape index (κ3) is 40.8. The Balaban J connectivity index is 1.70. The van der Waals surface area contributed by atoms with Crippen molar-refractivity contribution in [3.8, 4) is 0 Å². The van der Waals surface area contributed by atoms with Crippen molar-refractivity contribution in [3.05, 3.63) is 12.2 Å². The zero-order chi connectivity index (χ0) is 74.6. The molecule has 102 heavy (non-hydrogen) atoms. The SMILES string of the molecule is CCCCCCCCC/C=C\CCCCCC(=O)OC(COC(=O)CCCCCCCCCCCCCCCCCC)COP(=O)(O)OC1C(OC2OC(CO)C(O)C(O)C2O)C(O)C(O)C(O)C1OC1OC(COC(=O)CCCCCCCCCCCCCCCCCCC)C(O)C(O)C1O. The van der Waals surface area contributed by atoms with E-state index in [0.717, 1.165) is 83.5 Å². The number of hydrogen-bond donors (Lipinski definition) is 11. The molecule has 0 radical (unpaired) electrons. The second-order valence-electron chi connectivity index (χ2n) is 29.1. The van der Waals surface area contributed by atoms with Crippen LogP contribution in [0, 0.1) is 0 Å². The van der Waals surface area contributed by atoms with Crippen molar-refractivity contribution >= 4 is 25.7 Å². The van der Waals surface area contributed by atoms with Crippen molar-refractivity contribution in [1.29, 1.82) is 0 Å². The predicted octanol–water partition coefficient (Wildman–Crippen LogP) is 12.3. The first-order chi connectivity index (χ1) is 49.3. The van der Waals surface area contributed by atoms with Gasteiger partial charge in [0.25, 0.3) is 0 Å². The van der Waals surface area contributed by atoms with Crippen molar-refractivity contribution < 1.29 is 117 Å². The van der Waals surface area contributed by atoms with Gasteiger partial charge in [-0.15, -0.1) is 0 Å². The average molecular weight is 1480 g/mol. The topological polar surface area (TPSA) is 374 Å². The van der Waals surface area contributed by atoms with Crippen LogP contribution >= 0.6 is 7.82 Å². The molecule has 3 aliphatic rings. The molecule has 3 fully saturated rings. The largest absolute Gasteiger partial charge is 0.472 e. The Kier molecular flexibility index (Phi) is 54.0. The maximum Gasteiger partial charge on any atom is 0.472 e. The molecular formula is C77H143O24P. The van der Waals surface area contributed by atoms with Gasteiger partial charge in [-0.2, -0.15) is 0 Å². The number of hydrogen-bond acceptors (Lipinski definition) is 23. The number of phosphoric ester groups is 1. The summed E-state index contributed by atoms with van der Waals surface area (Å²) in [5, 5.41) is 110. The fraction of sp³-hybridized carbons (Fsp3) is 0.935. The van der Waals surface area contributed by atoms with Gasteiger partial charge < -0.3 is 89.1 Å². The number of ether oxygens (including phenoxy) is 7. The van der Waals surface area contributed by atoms with Crippen LogP contribution in [0.1, 0.15) is 329 Å². The average Bonchev–Trinajstić information content (AvgIpc) is 0.761. The van der Waals surface area contributed by atoms with Crippen LogP contribution in [0.5, 0.6) is 0 Å². The molecule has 0 spiro atoms. The number of aliphatic hydroxyl groups excluding tert-OH is 10. The molecule has 24 nitrogen and oxygen atoms in total. The highest BCUT2D eigenvalue weighted by Gasteiger charge is 2.58. The molecule has 0 aromatic carbocycles. The molecule has 18 atom stereocenters. The summed E-state index contributed by atoms with van der Waals surface area (Å²) in [5.41, 5.74) is 0. The summed E-state index contributed by atoms with van der Waals surface area (Å²) >= 11 is 0. The second-order valence-corrected chi connectivity index (χ2v) is 30.5. The van der Waals surface area contributed by atoms with Crippen LogP contribution in [0.25, 0.3) is 0 Å². The highest BCUT2D eigenvalue weighted by molar-refractivity contribution is 7.47. The molecule has 0 bridgehead atoms. The van der Waals surface area contributed by atoms with Crippen LogP contribution in [0.3, 0.4) is 0 Å². The number of aliphatic hydroxyl groups is 10. The standard InChI is InChI=1S/C77H143O24P/c1-4-7-10-13-16-19-22-25-28-30-32-35-37-40-43-46-49-52-62(80)94-57-60-65(83)67(85)72(90)77(98-60)100-74-70(88)68(86)69(87)73(99-76-71(89)66(84)64(82)59(54-78)97-76)75(74)101-102(91,92)95-56-58(96-63(81)53-50-47-44-41-38-33-27-24-21-18-15-12-9-6-3)55-93-61(79)51-48-45-42-39-36-34-31-29-26-23-20-17-14-11-8-5-2/h33,38,58-60,64-78,82-90H,4-32,34-37,39-57H2,1-3H3,(H,91,92)/b38-33-. The fourth-order valence-electron chi connectivity index (χ4n) is 13.5. The van der Waals surface area contributed by atoms with Gasteiger partial charge in [0.2, 0.25) is 0 Å². The van der Waals surface area contributed by atoms with Crippen molar-refractivity contribution in [2.45, 2.75) is 433 Å². The van der Waals surface area contributed by atoms with Gasteiger partial charge in [-0.1, -0.05) is 277 Å². The molecule has 11 N–H and O–H groups in total. The van der Waals surface area contributed by atoms with E-state index in [4.69, 9.17) is 42.2 Å². The van der Waals surface area contributed by atoms with E-state index in [0.29, 0.717) is 25.7 Å². The molecule has 2 aliphatic heterocycles. The Labute approximate surface area is 612 Å². The summed E-state index contributed by atoms with van der Waals surface area (Å²) < 4.78 is 65.2. The molecule has 2 saturated heterocycles. The van der Waals surface area contributed by atoms with Gasteiger partial charge in [0.05, 0.1) is 13.2 Å². The van der Waals surface area contributed by atoms with Gasteiger partial charge >= 0.3 is 25.7 Å². The highest BCUT2D eigenvalue weighted by Crippen LogP contribution is 2.49. The summed E-state index contributed by atoms with van der Waals surface area (Å²) in [5.74, 6) is -1.99. The first-order valence-electron chi connectivity index (χ1n) is 40.5. The lowest BCUT2D eigenvalue weighted by atomic mass is 9.84. The maximum atomic E-state index is 14.4. The Morgan fingerprint density at radius 2 is 0.686 bits per heavy atom. The summed E-state index contributed by atoms with van der Waals surface area (Å²) in [6, 6.07) is 0. The minimum absolute atomic E-state index is 0.0325. The highest BCUT2D eigenvalue weighted by atomic mass is 31.2. The van der Waals surface area contributed by atoms with Crippen molar-refractivity contribution in [2.24, 2.45) is 0 Å². The first kappa shape index (κ1) is 93.9. The van der Waals surface area contributed by atoms with E-state index in [9.17, 15) is 74.9 Å². The molecule has 0 aromatic rings. The van der Waals surface area contributed by atoms with E-state index >= 15 is 0 Å². The summed E-state index contributed by atoms with van der Waals surface area (Å²) in [6.45, 7) is 3.48. The van der Waals surface area contributed by atoms with Crippen LogP contribution in [0.2, 0.25) is 0 Å². The molecular weight excluding hydrogens is 1340 g/mol. The van der Waals surface area contributed by atoms with Crippen LogP contribution in [0.15, 0.2) is 12.2 Å². The Bertz CT molecular complexity index is 2150. The van der Waals surface area contributed by atoms with Gasteiger partial charge in [0.15, 0.2) is 18.7 Å². The Hall–Kier alpha value is -2.30. The minimum atomic E-state index is -5.70. The molecule has 1 saturated carbocycles. The quantitative estimate of drug-likeness (QED) is 0.00886. The smallest absolute Gasteiger partial charge is 0.463 e. The van der Waals surface area contributed by atoms with E-state index < -0.39 is 156 Å². The number of unbranched alkanes of at least 4 members (excludes halogenated alkanes) is 41. The van der Waals surface area contributed by atoms with E-state index in [-0.39, 0.29) is 19.3 Å². The lowest BCUT2D eigenvalue weighted by molar-refractivity contribution is -0.360. The third-order valence-electron chi connectivity index (χ3n) is 20.0. The number of rotatable bonds is 64. The number of esters is 3. The van der Waals surface area contributed by atoms with Gasteiger partial charge in [-0.3, -0.25) is 23.4 Å². The predicted molar refractivity (Wildman–Crippen MR) is 388 cm³/mol.